The molecule has 66 valence electrons. The maximum absolute atomic E-state index is 8.89. The molecule has 2 aromatic rings. The highest BCUT2D eigenvalue weighted by Crippen LogP contribution is 2.35. The predicted molar refractivity (Wildman–Crippen MR) is 58.5 cm³/mol. The normalized spacial score (nSPS) is 9.64. The van der Waals surface area contributed by atoms with Crippen LogP contribution in [0.5, 0.6) is 0 Å². The maximum Gasteiger partial charge on any atom is 0.102 e. The van der Waals surface area contributed by atoms with Crippen LogP contribution in [0.3, 0.4) is 0 Å². The number of thiophene rings is 1. The third-order valence-corrected chi connectivity index (χ3v) is 3.47. The Hall–Kier alpha value is -1.49. The Morgan fingerprint density at radius 2 is 2.00 bits per heavy atom. The van der Waals surface area contributed by atoms with E-state index in [1.807, 2.05) is 6.07 Å². The van der Waals surface area contributed by atoms with E-state index in [0.29, 0.717) is 15.3 Å². The number of fused-ring (bicyclic) bond motifs is 1. The lowest BCUT2D eigenvalue weighted by Gasteiger charge is -1.90. The van der Waals surface area contributed by atoms with Crippen molar-refractivity contribution in [2.45, 2.75) is 4.21 Å². The molecule has 0 atom stereocenters. The summed E-state index contributed by atoms with van der Waals surface area (Å²) < 4.78 is 1.52. The number of hydrogen-bond acceptors (Lipinski definition) is 4. The van der Waals surface area contributed by atoms with Gasteiger partial charge >= 0.3 is 0 Å². The molecule has 0 aliphatic rings. The first-order valence-corrected chi connectivity index (χ1v) is 5.09. The molecule has 0 aliphatic carbocycles. The molecule has 1 heterocycles. The monoisotopic (exact) mass is 216 g/mol. The van der Waals surface area contributed by atoms with Gasteiger partial charge in [0.2, 0.25) is 0 Å². The molecule has 0 spiro atoms. The molecule has 0 bridgehead atoms. The maximum atomic E-state index is 8.89. The van der Waals surface area contributed by atoms with Crippen LogP contribution >= 0.6 is 24.0 Å². The summed E-state index contributed by atoms with van der Waals surface area (Å²) in [6, 6.07) is 9.56. The van der Waals surface area contributed by atoms with Crippen LogP contribution < -0.4 is 0 Å². The van der Waals surface area contributed by atoms with Gasteiger partial charge in [-0.15, -0.1) is 24.0 Å². The van der Waals surface area contributed by atoms with Gasteiger partial charge < -0.3 is 0 Å². The molecule has 0 unspecified atom stereocenters. The molecule has 0 saturated heterocycles. The van der Waals surface area contributed by atoms with Gasteiger partial charge in [0.15, 0.2) is 0 Å². The summed E-state index contributed by atoms with van der Waals surface area (Å²) >= 11 is 5.58. The lowest BCUT2D eigenvalue weighted by Crippen LogP contribution is -1.74. The topological polar surface area (TPSA) is 47.6 Å². The van der Waals surface area contributed by atoms with Gasteiger partial charge in [-0.25, -0.2) is 0 Å². The zero-order valence-electron chi connectivity index (χ0n) is 6.98. The third-order valence-electron chi connectivity index (χ3n) is 1.93. The molecule has 1 aromatic heterocycles. The lowest BCUT2D eigenvalue weighted by atomic mass is 10.1. The Bertz CT molecular complexity index is 584. The Morgan fingerprint density at radius 3 is 2.64 bits per heavy atom. The fraction of sp³-hybridized carbons (Fsp3) is 0. The van der Waals surface area contributed by atoms with E-state index in [2.05, 4.69) is 24.8 Å². The second-order valence-electron chi connectivity index (χ2n) is 2.69. The Labute approximate surface area is 90.4 Å². The van der Waals surface area contributed by atoms with E-state index < -0.39 is 0 Å². The van der Waals surface area contributed by atoms with Gasteiger partial charge in [0.1, 0.15) is 12.1 Å². The van der Waals surface area contributed by atoms with Crippen LogP contribution in [0.4, 0.5) is 0 Å². The molecule has 2 nitrogen and oxygen atoms in total. The van der Waals surface area contributed by atoms with Crippen LogP contribution in [0.15, 0.2) is 22.4 Å². The molecule has 0 fully saturated rings. The molecule has 0 saturated carbocycles. The molecular formula is C10H4N2S2. The van der Waals surface area contributed by atoms with Gasteiger partial charge in [-0.05, 0) is 6.07 Å². The molecule has 0 amide bonds. The smallest absolute Gasteiger partial charge is 0.102 e. The van der Waals surface area contributed by atoms with Crippen molar-refractivity contribution in [2.75, 3.05) is 0 Å². The third kappa shape index (κ3) is 1.17. The number of rotatable bonds is 0. The van der Waals surface area contributed by atoms with Crippen LogP contribution in [0.2, 0.25) is 0 Å². The van der Waals surface area contributed by atoms with Gasteiger partial charge in [0.25, 0.3) is 0 Å². The van der Waals surface area contributed by atoms with Crippen LogP contribution in [0, 0.1) is 22.7 Å². The standard InChI is InChI=1S/C10H4N2S2/c11-4-6-2-1-3-7-8(5-12)10(13)14-9(6)7/h1-3,13H. The first kappa shape index (κ1) is 9.08. The predicted octanol–water partition coefficient (Wildman–Crippen LogP) is 2.93. The largest absolute Gasteiger partial charge is 0.192 e. The summed E-state index contributed by atoms with van der Waals surface area (Å²) in [5.74, 6) is 0. The highest BCUT2D eigenvalue weighted by atomic mass is 32.2. The molecule has 0 N–H and O–H groups in total. The Balaban J connectivity index is 2.96. The molecule has 4 heteroatoms. The van der Waals surface area contributed by atoms with E-state index in [1.54, 1.807) is 12.1 Å². The second kappa shape index (κ2) is 3.34. The van der Waals surface area contributed by atoms with Gasteiger partial charge in [-0.3, -0.25) is 0 Å². The van der Waals surface area contributed by atoms with Crippen molar-refractivity contribution in [2.24, 2.45) is 0 Å². The number of benzene rings is 1. The van der Waals surface area contributed by atoms with Crippen molar-refractivity contribution in [1.29, 1.82) is 10.5 Å². The van der Waals surface area contributed by atoms with E-state index >= 15 is 0 Å². The fourth-order valence-electron chi connectivity index (χ4n) is 1.30. The van der Waals surface area contributed by atoms with E-state index in [1.165, 1.54) is 11.3 Å². The fourth-order valence-corrected chi connectivity index (χ4v) is 2.70. The van der Waals surface area contributed by atoms with Gasteiger partial charge in [-0.2, -0.15) is 10.5 Å². The molecule has 0 aliphatic heterocycles. The van der Waals surface area contributed by atoms with Gasteiger partial charge in [0, 0.05) is 5.39 Å². The molecule has 14 heavy (non-hydrogen) atoms. The van der Waals surface area contributed by atoms with Crippen LogP contribution in [0.25, 0.3) is 10.1 Å². The number of nitriles is 2. The zero-order valence-corrected chi connectivity index (χ0v) is 8.69. The van der Waals surface area contributed by atoms with Crippen molar-refractivity contribution in [3.8, 4) is 12.1 Å². The summed E-state index contributed by atoms with van der Waals surface area (Å²) in [5.41, 5.74) is 1.16. The van der Waals surface area contributed by atoms with Crippen LogP contribution in [-0.4, -0.2) is 0 Å². The average Bonchev–Trinajstić information content (AvgIpc) is 2.52. The summed E-state index contributed by atoms with van der Waals surface area (Å²) in [6.45, 7) is 0. The van der Waals surface area contributed by atoms with Gasteiger partial charge in [0.05, 0.1) is 20.0 Å². The SMILES string of the molecule is N#Cc1c(S)sc2c(C#N)cccc12. The Kier molecular flexibility index (Phi) is 2.17. The van der Waals surface area contributed by atoms with E-state index in [4.69, 9.17) is 10.5 Å². The number of nitrogens with zero attached hydrogens (tertiary/aromatic N) is 2. The Morgan fingerprint density at radius 1 is 1.21 bits per heavy atom. The van der Waals surface area contributed by atoms with Crippen LogP contribution in [-0.2, 0) is 0 Å². The van der Waals surface area contributed by atoms with Gasteiger partial charge in [-0.1, -0.05) is 12.1 Å². The minimum absolute atomic E-state index is 0.561. The van der Waals surface area contributed by atoms with Crippen molar-refractivity contribution >= 4 is 34.1 Å². The van der Waals surface area contributed by atoms with E-state index in [9.17, 15) is 0 Å². The zero-order chi connectivity index (χ0) is 10.1. The highest BCUT2D eigenvalue weighted by Gasteiger charge is 2.11. The molecule has 1 aromatic carbocycles. The first-order chi connectivity index (χ1) is 6.77. The average molecular weight is 216 g/mol. The van der Waals surface area contributed by atoms with Crippen molar-refractivity contribution in [3.05, 3.63) is 29.3 Å². The molecule has 0 radical (unpaired) electrons. The number of hydrogen-bond donors (Lipinski definition) is 1. The van der Waals surface area contributed by atoms with E-state index in [0.717, 1.165) is 10.1 Å². The van der Waals surface area contributed by atoms with Crippen LogP contribution in [0.1, 0.15) is 11.1 Å². The summed E-state index contributed by atoms with van der Waals surface area (Å²) in [6.07, 6.45) is 0. The summed E-state index contributed by atoms with van der Waals surface area (Å²) in [4.78, 5) is 0. The van der Waals surface area contributed by atoms with Crippen molar-refractivity contribution in [3.63, 3.8) is 0 Å². The minimum atomic E-state index is 0.561. The number of thiol groups is 1. The molecular weight excluding hydrogens is 212 g/mol. The van der Waals surface area contributed by atoms with Crippen molar-refractivity contribution < 1.29 is 0 Å². The first-order valence-electron chi connectivity index (χ1n) is 3.82. The summed E-state index contributed by atoms with van der Waals surface area (Å²) in [5, 5.41) is 18.6. The quantitative estimate of drug-likeness (QED) is 0.688. The second-order valence-corrected chi connectivity index (χ2v) is 4.46. The highest BCUT2D eigenvalue weighted by molar-refractivity contribution is 7.83. The van der Waals surface area contributed by atoms with Crippen molar-refractivity contribution in [1.82, 2.24) is 0 Å². The minimum Gasteiger partial charge on any atom is -0.192 e. The lowest BCUT2D eigenvalue weighted by molar-refractivity contribution is 1.48. The summed E-state index contributed by atoms with van der Waals surface area (Å²) in [7, 11) is 0. The molecule has 2 rings (SSSR count). The van der Waals surface area contributed by atoms with E-state index in [-0.39, 0.29) is 0 Å².